The number of guanidine groups is 1. The predicted octanol–water partition coefficient (Wildman–Crippen LogP) is 2.71. The van der Waals surface area contributed by atoms with Crippen molar-refractivity contribution in [1.29, 1.82) is 0 Å². The molecule has 2 aromatic carbocycles. The van der Waals surface area contributed by atoms with Crippen LogP contribution in [0.4, 0.5) is 0 Å². The highest BCUT2D eigenvalue weighted by atomic mass is 16.1. The first-order valence-electron chi connectivity index (χ1n) is 9.89. The quantitative estimate of drug-likeness (QED) is 0.436. The molecule has 0 aliphatic carbocycles. The van der Waals surface area contributed by atoms with E-state index >= 15 is 0 Å². The monoisotopic (exact) mass is 404 g/mol. The average Bonchev–Trinajstić information content (AvgIpc) is 3.11. The third kappa shape index (κ3) is 5.05. The van der Waals surface area contributed by atoms with Crippen LogP contribution in [0.3, 0.4) is 0 Å². The second-order valence-corrected chi connectivity index (χ2v) is 7.02. The van der Waals surface area contributed by atoms with Gasteiger partial charge in [0.2, 0.25) is 0 Å². The van der Waals surface area contributed by atoms with Gasteiger partial charge in [-0.3, -0.25) is 9.79 Å². The van der Waals surface area contributed by atoms with Crippen LogP contribution in [0.25, 0.3) is 5.69 Å². The fourth-order valence-electron chi connectivity index (χ4n) is 3.24. The van der Waals surface area contributed by atoms with Gasteiger partial charge in [-0.15, -0.1) is 0 Å². The number of hydrogen-bond acceptors (Lipinski definition) is 3. The highest BCUT2D eigenvalue weighted by Gasteiger charge is 2.09. The maximum Gasteiger partial charge on any atom is 0.251 e. The van der Waals surface area contributed by atoms with Crippen molar-refractivity contribution in [2.24, 2.45) is 4.99 Å². The molecule has 1 heterocycles. The molecule has 0 spiro atoms. The number of carbonyl (C=O) groups is 1. The third-order valence-electron chi connectivity index (χ3n) is 4.80. The van der Waals surface area contributed by atoms with E-state index in [1.807, 2.05) is 48.0 Å². The summed E-state index contributed by atoms with van der Waals surface area (Å²) in [5.41, 5.74) is 5.98. The zero-order valence-electron chi connectivity index (χ0n) is 17.9. The normalized spacial score (nSPS) is 11.3. The lowest BCUT2D eigenvalue weighted by Gasteiger charge is -2.15. The Bertz CT molecular complexity index is 1040. The van der Waals surface area contributed by atoms with E-state index < -0.39 is 0 Å². The van der Waals surface area contributed by atoms with E-state index in [1.54, 1.807) is 14.1 Å². The third-order valence-corrected chi connectivity index (χ3v) is 4.80. The van der Waals surface area contributed by atoms with Gasteiger partial charge in [-0.2, -0.15) is 5.10 Å². The number of nitrogens with zero attached hydrogens (tertiary/aromatic N) is 3. The molecule has 3 rings (SSSR count). The summed E-state index contributed by atoms with van der Waals surface area (Å²) in [5.74, 6) is 0.613. The molecular formula is C23H28N6O. The van der Waals surface area contributed by atoms with Gasteiger partial charge >= 0.3 is 0 Å². The Kier molecular flexibility index (Phi) is 6.85. The molecule has 0 saturated carbocycles. The van der Waals surface area contributed by atoms with Crippen molar-refractivity contribution in [3.05, 3.63) is 82.7 Å². The minimum atomic E-state index is -0.0896. The summed E-state index contributed by atoms with van der Waals surface area (Å²) in [4.78, 5) is 16.0. The lowest BCUT2D eigenvalue weighted by Crippen LogP contribution is -2.36. The van der Waals surface area contributed by atoms with Crippen LogP contribution in [-0.2, 0) is 13.1 Å². The number of para-hydroxylation sites is 1. The smallest absolute Gasteiger partial charge is 0.251 e. The first kappa shape index (κ1) is 21.1. The Morgan fingerprint density at radius 3 is 2.37 bits per heavy atom. The van der Waals surface area contributed by atoms with Gasteiger partial charge in [0.05, 0.1) is 11.4 Å². The molecule has 0 radical (unpaired) electrons. The first-order valence-corrected chi connectivity index (χ1v) is 9.89. The molecule has 0 fully saturated rings. The number of aromatic nitrogens is 2. The molecule has 3 aromatic rings. The predicted molar refractivity (Wildman–Crippen MR) is 120 cm³/mol. The van der Waals surface area contributed by atoms with E-state index in [1.165, 1.54) is 0 Å². The Balaban J connectivity index is 1.63. The lowest BCUT2D eigenvalue weighted by atomic mass is 10.1. The molecule has 0 aliphatic rings. The van der Waals surface area contributed by atoms with Crippen molar-refractivity contribution >= 4 is 11.9 Å². The van der Waals surface area contributed by atoms with Crippen molar-refractivity contribution in [1.82, 2.24) is 25.7 Å². The molecule has 1 aromatic heterocycles. The number of aliphatic imine (C=N–C) groups is 1. The van der Waals surface area contributed by atoms with Gasteiger partial charge in [0.25, 0.3) is 5.91 Å². The van der Waals surface area contributed by atoms with Crippen LogP contribution in [0, 0.1) is 13.8 Å². The van der Waals surface area contributed by atoms with Crippen molar-refractivity contribution in [2.75, 3.05) is 14.1 Å². The minimum Gasteiger partial charge on any atom is -0.355 e. The molecule has 3 N–H and O–H groups in total. The van der Waals surface area contributed by atoms with Gasteiger partial charge in [-0.05, 0) is 49.2 Å². The zero-order chi connectivity index (χ0) is 21.5. The topological polar surface area (TPSA) is 83.3 Å². The highest BCUT2D eigenvalue weighted by Crippen LogP contribution is 2.16. The summed E-state index contributed by atoms with van der Waals surface area (Å²) < 4.78 is 1.97. The van der Waals surface area contributed by atoms with Gasteiger partial charge in [0.15, 0.2) is 5.96 Å². The molecule has 1 amide bonds. The molecule has 30 heavy (non-hydrogen) atoms. The standard InChI is InChI=1S/C23H28N6O/c1-16-13-17(2)29(28-16)21-8-6-5-7-20(21)15-27-23(25-4)26-14-18-9-11-19(12-10-18)22(30)24-3/h5-13H,14-15H2,1-4H3,(H,24,30)(H2,25,26,27). The van der Waals surface area contributed by atoms with E-state index in [2.05, 4.69) is 51.2 Å². The minimum absolute atomic E-state index is 0.0896. The summed E-state index contributed by atoms with van der Waals surface area (Å²) in [6.07, 6.45) is 0. The summed E-state index contributed by atoms with van der Waals surface area (Å²) in [7, 11) is 3.37. The Labute approximate surface area is 177 Å². The van der Waals surface area contributed by atoms with Crippen LogP contribution in [0.5, 0.6) is 0 Å². The molecule has 0 aliphatic heterocycles. The van der Waals surface area contributed by atoms with Crippen molar-refractivity contribution < 1.29 is 4.79 Å². The van der Waals surface area contributed by atoms with Crippen LogP contribution < -0.4 is 16.0 Å². The number of rotatable bonds is 6. The van der Waals surface area contributed by atoms with Crippen molar-refractivity contribution in [2.45, 2.75) is 26.9 Å². The van der Waals surface area contributed by atoms with E-state index in [0.717, 1.165) is 28.2 Å². The van der Waals surface area contributed by atoms with Crippen LogP contribution >= 0.6 is 0 Å². The molecule has 0 saturated heterocycles. The molecule has 156 valence electrons. The maximum absolute atomic E-state index is 11.6. The summed E-state index contributed by atoms with van der Waals surface area (Å²) in [6.45, 7) is 5.27. The van der Waals surface area contributed by atoms with Gasteiger partial charge in [0, 0.05) is 38.4 Å². The van der Waals surface area contributed by atoms with Crippen LogP contribution in [-0.4, -0.2) is 35.7 Å². The van der Waals surface area contributed by atoms with Crippen LogP contribution in [0.15, 0.2) is 59.6 Å². The number of nitrogens with one attached hydrogen (secondary N) is 3. The lowest BCUT2D eigenvalue weighted by molar-refractivity contribution is 0.0963. The summed E-state index contributed by atoms with van der Waals surface area (Å²) in [6, 6.07) is 17.8. The van der Waals surface area contributed by atoms with Gasteiger partial charge in [0.1, 0.15) is 0 Å². The molecule has 7 heteroatoms. The largest absolute Gasteiger partial charge is 0.355 e. The number of amides is 1. The summed E-state index contributed by atoms with van der Waals surface area (Å²) in [5, 5.41) is 13.9. The average molecular weight is 405 g/mol. The Hall–Kier alpha value is -3.61. The van der Waals surface area contributed by atoms with E-state index in [4.69, 9.17) is 0 Å². The van der Waals surface area contributed by atoms with E-state index in [9.17, 15) is 4.79 Å². The fraction of sp³-hybridized carbons (Fsp3) is 0.261. The molecule has 0 unspecified atom stereocenters. The van der Waals surface area contributed by atoms with Crippen molar-refractivity contribution in [3.63, 3.8) is 0 Å². The maximum atomic E-state index is 11.6. The van der Waals surface area contributed by atoms with Crippen LogP contribution in [0.2, 0.25) is 0 Å². The second-order valence-electron chi connectivity index (χ2n) is 7.02. The number of benzene rings is 2. The van der Waals surface area contributed by atoms with Gasteiger partial charge < -0.3 is 16.0 Å². The second kappa shape index (κ2) is 9.73. The Morgan fingerprint density at radius 1 is 1.03 bits per heavy atom. The van der Waals surface area contributed by atoms with E-state index in [-0.39, 0.29) is 5.91 Å². The van der Waals surface area contributed by atoms with Gasteiger partial charge in [-0.25, -0.2) is 4.68 Å². The SMILES string of the molecule is CN=C(NCc1ccc(C(=O)NC)cc1)NCc1ccccc1-n1nc(C)cc1C. The number of aryl methyl sites for hydroxylation is 2. The molecular weight excluding hydrogens is 376 g/mol. The van der Waals surface area contributed by atoms with Gasteiger partial charge in [-0.1, -0.05) is 30.3 Å². The van der Waals surface area contributed by atoms with E-state index in [0.29, 0.717) is 24.6 Å². The highest BCUT2D eigenvalue weighted by molar-refractivity contribution is 5.93. The first-order chi connectivity index (χ1) is 14.5. The van der Waals surface area contributed by atoms with Crippen molar-refractivity contribution in [3.8, 4) is 5.69 Å². The molecule has 0 atom stereocenters. The fourth-order valence-corrected chi connectivity index (χ4v) is 3.24. The van der Waals surface area contributed by atoms with Crippen LogP contribution in [0.1, 0.15) is 32.9 Å². The zero-order valence-corrected chi connectivity index (χ0v) is 17.9. The number of carbonyl (C=O) groups excluding carboxylic acids is 1. The number of hydrogen-bond donors (Lipinski definition) is 3. The Morgan fingerprint density at radius 2 is 1.73 bits per heavy atom. The molecule has 7 nitrogen and oxygen atoms in total. The molecule has 0 bridgehead atoms. The summed E-state index contributed by atoms with van der Waals surface area (Å²) >= 11 is 0.